The molecule has 0 amide bonds. The van der Waals surface area contributed by atoms with E-state index in [9.17, 15) is 4.79 Å². The molecule has 0 aliphatic carbocycles. The van der Waals surface area contributed by atoms with Crippen LogP contribution in [0.4, 0.5) is 0 Å². The number of hydrazine groups is 1. The van der Waals surface area contributed by atoms with Gasteiger partial charge < -0.3 is 4.74 Å². The first-order valence-electron chi connectivity index (χ1n) is 5.47. The van der Waals surface area contributed by atoms with Crippen LogP contribution in [0.3, 0.4) is 0 Å². The standard InChI is InChI=1S/C11H24N2O2/c1-7-8-12(4)13(5)10(9(2)3)11(14)15-6/h9-10H,7-8H2,1-6H3/t10-/m0/s1. The molecule has 0 saturated heterocycles. The van der Waals surface area contributed by atoms with Gasteiger partial charge in [0.1, 0.15) is 6.04 Å². The molecule has 0 heterocycles. The minimum Gasteiger partial charge on any atom is -0.468 e. The van der Waals surface area contributed by atoms with Crippen molar-refractivity contribution < 1.29 is 9.53 Å². The first kappa shape index (κ1) is 14.4. The number of hydrogen-bond donors (Lipinski definition) is 0. The third-order valence-electron chi connectivity index (χ3n) is 2.56. The Kier molecular flexibility index (Phi) is 6.52. The molecule has 0 aromatic carbocycles. The lowest BCUT2D eigenvalue weighted by atomic mass is 10.0. The number of nitrogens with zero attached hydrogens (tertiary/aromatic N) is 2. The molecule has 0 aliphatic heterocycles. The van der Waals surface area contributed by atoms with Crippen LogP contribution in [0.2, 0.25) is 0 Å². The molecule has 0 radical (unpaired) electrons. The molecule has 0 aliphatic rings. The summed E-state index contributed by atoms with van der Waals surface area (Å²) in [6, 6.07) is -0.202. The van der Waals surface area contributed by atoms with E-state index >= 15 is 0 Å². The number of hydrogen-bond acceptors (Lipinski definition) is 4. The maximum atomic E-state index is 11.6. The van der Waals surface area contributed by atoms with E-state index in [-0.39, 0.29) is 17.9 Å². The summed E-state index contributed by atoms with van der Waals surface area (Å²) < 4.78 is 4.82. The van der Waals surface area contributed by atoms with Crippen molar-refractivity contribution in [2.45, 2.75) is 33.2 Å². The predicted octanol–water partition coefficient (Wildman–Crippen LogP) is 1.37. The summed E-state index contributed by atoms with van der Waals surface area (Å²) >= 11 is 0. The van der Waals surface area contributed by atoms with Crippen molar-refractivity contribution in [3.8, 4) is 0 Å². The number of esters is 1. The quantitative estimate of drug-likeness (QED) is 0.496. The fourth-order valence-corrected chi connectivity index (χ4v) is 1.67. The molecule has 0 N–H and O–H groups in total. The minimum absolute atomic E-state index is 0.171. The van der Waals surface area contributed by atoms with Gasteiger partial charge in [-0.25, -0.2) is 10.0 Å². The number of methoxy groups -OCH3 is 1. The van der Waals surface area contributed by atoms with E-state index < -0.39 is 0 Å². The summed E-state index contributed by atoms with van der Waals surface area (Å²) in [5.74, 6) is 0.0669. The number of carbonyl (C=O) groups is 1. The van der Waals surface area contributed by atoms with Crippen LogP contribution in [-0.4, -0.2) is 49.8 Å². The van der Waals surface area contributed by atoms with Crippen molar-refractivity contribution in [2.24, 2.45) is 5.92 Å². The Bertz CT molecular complexity index is 195. The summed E-state index contributed by atoms with van der Waals surface area (Å²) in [4.78, 5) is 11.6. The van der Waals surface area contributed by atoms with Crippen LogP contribution >= 0.6 is 0 Å². The molecule has 4 nitrogen and oxygen atoms in total. The second-order valence-electron chi connectivity index (χ2n) is 4.17. The van der Waals surface area contributed by atoms with Gasteiger partial charge in [-0.05, 0) is 12.3 Å². The molecule has 15 heavy (non-hydrogen) atoms. The van der Waals surface area contributed by atoms with Gasteiger partial charge in [0.05, 0.1) is 7.11 Å². The first-order chi connectivity index (χ1) is 6.95. The maximum absolute atomic E-state index is 11.6. The van der Waals surface area contributed by atoms with E-state index in [1.165, 1.54) is 7.11 Å². The fraction of sp³-hybridized carbons (Fsp3) is 0.909. The molecule has 90 valence electrons. The smallest absolute Gasteiger partial charge is 0.324 e. The van der Waals surface area contributed by atoms with Crippen LogP contribution in [0, 0.1) is 5.92 Å². The van der Waals surface area contributed by atoms with Crippen molar-refractivity contribution in [2.75, 3.05) is 27.7 Å². The lowest BCUT2D eigenvalue weighted by molar-refractivity contribution is -0.156. The molecule has 0 unspecified atom stereocenters. The van der Waals surface area contributed by atoms with E-state index in [0.717, 1.165) is 13.0 Å². The topological polar surface area (TPSA) is 32.8 Å². The first-order valence-corrected chi connectivity index (χ1v) is 5.47. The highest BCUT2D eigenvalue weighted by Gasteiger charge is 2.29. The second kappa shape index (κ2) is 6.80. The minimum atomic E-state index is -0.202. The van der Waals surface area contributed by atoms with Gasteiger partial charge in [-0.3, -0.25) is 4.79 Å². The van der Waals surface area contributed by atoms with Crippen LogP contribution in [0.25, 0.3) is 0 Å². The van der Waals surface area contributed by atoms with Gasteiger partial charge in [-0.15, -0.1) is 0 Å². The Morgan fingerprint density at radius 2 is 1.87 bits per heavy atom. The largest absolute Gasteiger partial charge is 0.468 e. The highest BCUT2D eigenvalue weighted by molar-refractivity contribution is 5.75. The maximum Gasteiger partial charge on any atom is 0.324 e. The Morgan fingerprint density at radius 1 is 1.33 bits per heavy atom. The lowest BCUT2D eigenvalue weighted by Gasteiger charge is -2.35. The zero-order valence-electron chi connectivity index (χ0n) is 10.8. The molecule has 0 fully saturated rings. The second-order valence-corrected chi connectivity index (χ2v) is 4.17. The van der Waals surface area contributed by atoms with E-state index in [2.05, 4.69) is 11.9 Å². The zero-order valence-corrected chi connectivity index (χ0v) is 10.8. The lowest BCUT2D eigenvalue weighted by Crippen LogP contribution is -2.51. The molecule has 0 rings (SSSR count). The predicted molar refractivity (Wildman–Crippen MR) is 61.3 cm³/mol. The third-order valence-corrected chi connectivity index (χ3v) is 2.56. The van der Waals surface area contributed by atoms with Crippen LogP contribution in [-0.2, 0) is 9.53 Å². The SMILES string of the molecule is CCCN(C)N(C)[C@H](C(=O)OC)C(C)C. The average Bonchev–Trinajstić information content (AvgIpc) is 2.17. The van der Waals surface area contributed by atoms with Crippen molar-refractivity contribution in [1.82, 2.24) is 10.0 Å². The van der Waals surface area contributed by atoms with Crippen LogP contribution < -0.4 is 0 Å². The van der Waals surface area contributed by atoms with Crippen LogP contribution in [0.1, 0.15) is 27.2 Å². The fourth-order valence-electron chi connectivity index (χ4n) is 1.67. The zero-order chi connectivity index (χ0) is 12.0. The van der Waals surface area contributed by atoms with Gasteiger partial charge >= 0.3 is 5.97 Å². The van der Waals surface area contributed by atoms with Gasteiger partial charge in [0.2, 0.25) is 0 Å². The Hall–Kier alpha value is -0.610. The Labute approximate surface area is 93.2 Å². The van der Waals surface area contributed by atoms with Crippen LogP contribution in [0.5, 0.6) is 0 Å². The number of likely N-dealkylation sites (N-methyl/N-ethyl adjacent to an activating group) is 1. The summed E-state index contributed by atoms with van der Waals surface area (Å²) in [5, 5.41) is 4.02. The summed E-state index contributed by atoms with van der Waals surface area (Å²) in [6.07, 6.45) is 1.06. The van der Waals surface area contributed by atoms with Crippen LogP contribution in [0.15, 0.2) is 0 Å². The van der Waals surface area contributed by atoms with Gasteiger partial charge in [-0.2, -0.15) is 0 Å². The highest BCUT2D eigenvalue weighted by Crippen LogP contribution is 2.12. The average molecular weight is 216 g/mol. The number of ether oxygens (including phenoxy) is 1. The normalized spacial score (nSPS) is 13.7. The highest BCUT2D eigenvalue weighted by atomic mass is 16.5. The van der Waals surface area contributed by atoms with Crippen molar-refractivity contribution in [3.63, 3.8) is 0 Å². The van der Waals surface area contributed by atoms with Crippen molar-refractivity contribution in [1.29, 1.82) is 0 Å². The van der Waals surface area contributed by atoms with Gasteiger partial charge in [-0.1, -0.05) is 20.8 Å². The molecule has 1 atom stereocenters. The number of carbonyl (C=O) groups excluding carboxylic acids is 1. The molecular weight excluding hydrogens is 192 g/mol. The van der Waals surface area contributed by atoms with E-state index in [1.807, 2.05) is 33.0 Å². The monoisotopic (exact) mass is 216 g/mol. The summed E-state index contributed by atoms with van der Waals surface area (Å²) in [7, 11) is 5.35. The molecular formula is C11H24N2O2. The molecule has 0 aromatic rings. The third kappa shape index (κ3) is 4.18. The van der Waals surface area contributed by atoms with Crippen molar-refractivity contribution in [3.05, 3.63) is 0 Å². The molecule has 0 bridgehead atoms. The van der Waals surface area contributed by atoms with Gasteiger partial charge in [0.15, 0.2) is 0 Å². The van der Waals surface area contributed by atoms with E-state index in [4.69, 9.17) is 4.74 Å². The summed E-state index contributed by atoms with van der Waals surface area (Å²) in [5.41, 5.74) is 0. The summed E-state index contributed by atoms with van der Waals surface area (Å²) in [6.45, 7) is 7.11. The number of rotatable bonds is 6. The molecule has 0 aromatic heterocycles. The van der Waals surface area contributed by atoms with E-state index in [0.29, 0.717) is 0 Å². The van der Waals surface area contributed by atoms with E-state index in [1.54, 1.807) is 0 Å². The Morgan fingerprint density at radius 3 is 2.20 bits per heavy atom. The van der Waals surface area contributed by atoms with Crippen molar-refractivity contribution >= 4 is 5.97 Å². The van der Waals surface area contributed by atoms with Gasteiger partial charge in [0.25, 0.3) is 0 Å². The molecule has 0 spiro atoms. The molecule has 4 heteroatoms. The molecule has 0 saturated carbocycles. The van der Waals surface area contributed by atoms with Gasteiger partial charge in [0, 0.05) is 20.6 Å². The Balaban J connectivity index is 4.54.